The van der Waals surface area contributed by atoms with Crippen molar-refractivity contribution in [3.63, 3.8) is 0 Å². The molecule has 0 aromatic heterocycles. The molecule has 1 N–H and O–H groups in total. The van der Waals surface area contributed by atoms with Crippen molar-refractivity contribution in [3.8, 4) is 0 Å². The number of hydrogen-bond donors (Lipinski definition) is 1. The van der Waals surface area contributed by atoms with Gasteiger partial charge in [0.25, 0.3) is 0 Å². The molecule has 1 aromatic carbocycles. The van der Waals surface area contributed by atoms with Gasteiger partial charge >= 0.3 is 0 Å². The Labute approximate surface area is 130 Å². The molecule has 0 saturated heterocycles. The molecule has 0 aliphatic carbocycles. The zero-order valence-electron chi connectivity index (χ0n) is 12.7. The number of amides is 1. The summed E-state index contributed by atoms with van der Waals surface area (Å²) in [5.74, 6) is -0.0499. The van der Waals surface area contributed by atoms with Gasteiger partial charge in [0.2, 0.25) is 5.91 Å². The molecule has 0 radical (unpaired) electrons. The number of nitrogens with zero attached hydrogens (tertiary/aromatic N) is 1. The predicted octanol–water partition coefficient (Wildman–Crippen LogP) is 2.12. The van der Waals surface area contributed by atoms with Crippen LogP contribution in [0.1, 0.15) is 30.9 Å². The fourth-order valence-corrected chi connectivity index (χ4v) is 2.63. The maximum atomic E-state index is 10.9. The smallest absolute Gasteiger partial charge is 0.217 e. The monoisotopic (exact) mass is 300 g/mol. The summed E-state index contributed by atoms with van der Waals surface area (Å²) in [7, 11) is 0. The lowest BCUT2D eigenvalue weighted by Gasteiger charge is -2.14. The highest BCUT2D eigenvalue weighted by molar-refractivity contribution is 6.01. The minimum atomic E-state index is -0.0724. The van der Waals surface area contributed by atoms with Gasteiger partial charge in [-0.05, 0) is 23.1 Å². The van der Waals surface area contributed by atoms with Crippen LogP contribution in [0.25, 0.3) is 5.57 Å². The summed E-state index contributed by atoms with van der Waals surface area (Å²) < 4.78 is 5.34. The number of carbonyl (C=O) groups is 1. The van der Waals surface area contributed by atoms with E-state index in [1.165, 1.54) is 18.1 Å². The standard InChI is InChI=1S/C17H20N2O3/c1-12(20)18-11-16-10-17(19-22-16)15-4-2-13(3-5-15)14-6-8-21-9-7-14/h2-6,16H,7-11H2,1H3,(H,18,20). The van der Waals surface area contributed by atoms with E-state index in [4.69, 9.17) is 9.57 Å². The van der Waals surface area contributed by atoms with Gasteiger partial charge in [0.1, 0.15) is 6.10 Å². The average Bonchev–Trinajstić information content (AvgIpc) is 3.03. The summed E-state index contributed by atoms with van der Waals surface area (Å²) >= 11 is 0. The molecule has 3 rings (SSSR count). The Balaban J connectivity index is 1.61. The van der Waals surface area contributed by atoms with Crippen molar-refractivity contribution in [1.82, 2.24) is 5.32 Å². The number of oxime groups is 1. The molecule has 0 spiro atoms. The van der Waals surface area contributed by atoms with Gasteiger partial charge < -0.3 is 14.9 Å². The number of nitrogens with one attached hydrogen (secondary N) is 1. The molecule has 5 nitrogen and oxygen atoms in total. The third-order valence-electron chi connectivity index (χ3n) is 3.86. The number of carbonyl (C=O) groups excluding carboxylic acids is 1. The highest BCUT2D eigenvalue weighted by Crippen LogP contribution is 2.23. The Bertz CT molecular complexity index is 605. The van der Waals surface area contributed by atoms with Crippen LogP contribution in [0, 0.1) is 0 Å². The lowest BCUT2D eigenvalue weighted by molar-refractivity contribution is -0.119. The molecule has 1 amide bonds. The van der Waals surface area contributed by atoms with E-state index < -0.39 is 0 Å². The van der Waals surface area contributed by atoms with Gasteiger partial charge in [-0.3, -0.25) is 4.79 Å². The Kier molecular flexibility index (Phi) is 4.53. The average molecular weight is 300 g/mol. The van der Waals surface area contributed by atoms with Gasteiger partial charge in [-0.1, -0.05) is 35.5 Å². The topological polar surface area (TPSA) is 59.9 Å². The summed E-state index contributed by atoms with van der Waals surface area (Å²) in [4.78, 5) is 16.3. The minimum Gasteiger partial charge on any atom is -0.390 e. The first-order valence-corrected chi connectivity index (χ1v) is 7.57. The van der Waals surface area contributed by atoms with Gasteiger partial charge in [-0.25, -0.2) is 0 Å². The maximum Gasteiger partial charge on any atom is 0.217 e. The van der Waals surface area contributed by atoms with Crippen molar-refractivity contribution in [2.45, 2.75) is 25.9 Å². The first kappa shape index (κ1) is 14.8. The van der Waals surface area contributed by atoms with Crippen LogP contribution in [-0.4, -0.2) is 37.5 Å². The third-order valence-corrected chi connectivity index (χ3v) is 3.86. The van der Waals surface area contributed by atoms with Crippen LogP contribution < -0.4 is 5.32 Å². The molecule has 22 heavy (non-hydrogen) atoms. The summed E-state index contributed by atoms with van der Waals surface area (Å²) in [6.07, 6.45) is 3.74. The van der Waals surface area contributed by atoms with Crippen LogP contribution in [0.4, 0.5) is 0 Å². The van der Waals surface area contributed by atoms with Crippen LogP contribution >= 0.6 is 0 Å². The van der Waals surface area contributed by atoms with Crippen LogP contribution in [0.5, 0.6) is 0 Å². The van der Waals surface area contributed by atoms with Gasteiger partial charge in [0, 0.05) is 13.3 Å². The molecule has 0 saturated carbocycles. The Morgan fingerprint density at radius 3 is 2.77 bits per heavy atom. The molecular formula is C17H20N2O3. The molecule has 2 aliphatic rings. The lowest BCUT2D eigenvalue weighted by atomic mass is 9.98. The fourth-order valence-electron chi connectivity index (χ4n) is 2.63. The van der Waals surface area contributed by atoms with Crippen molar-refractivity contribution < 1.29 is 14.4 Å². The first-order valence-electron chi connectivity index (χ1n) is 7.57. The van der Waals surface area contributed by atoms with Gasteiger partial charge in [0.15, 0.2) is 0 Å². The normalized spacial score (nSPS) is 20.9. The zero-order chi connectivity index (χ0) is 15.4. The summed E-state index contributed by atoms with van der Waals surface area (Å²) in [5, 5.41) is 6.89. The molecule has 1 unspecified atom stereocenters. The van der Waals surface area contributed by atoms with Crippen LogP contribution in [0.2, 0.25) is 0 Å². The summed E-state index contributed by atoms with van der Waals surface area (Å²) in [5.41, 5.74) is 4.58. The fraction of sp³-hybridized carbons (Fsp3) is 0.412. The van der Waals surface area contributed by atoms with E-state index in [0.717, 1.165) is 30.7 Å². The molecule has 116 valence electrons. The van der Waals surface area contributed by atoms with Crippen molar-refractivity contribution in [2.75, 3.05) is 19.8 Å². The van der Waals surface area contributed by atoms with E-state index in [0.29, 0.717) is 13.2 Å². The number of benzene rings is 1. The van der Waals surface area contributed by atoms with E-state index in [9.17, 15) is 4.79 Å². The van der Waals surface area contributed by atoms with Gasteiger partial charge in [0.05, 0.1) is 25.5 Å². The molecule has 0 fully saturated rings. The SMILES string of the molecule is CC(=O)NCC1CC(c2ccc(C3=CCOCC3)cc2)=NO1. The minimum absolute atomic E-state index is 0.0499. The second-order valence-corrected chi connectivity index (χ2v) is 5.54. The zero-order valence-corrected chi connectivity index (χ0v) is 12.7. The van der Waals surface area contributed by atoms with Crippen molar-refractivity contribution in [2.24, 2.45) is 5.16 Å². The van der Waals surface area contributed by atoms with Crippen LogP contribution in [0.15, 0.2) is 35.5 Å². The molecule has 2 heterocycles. The van der Waals surface area contributed by atoms with E-state index in [1.54, 1.807) is 0 Å². The van der Waals surface area contributed by atoms with Crippen molar-refractivity contribution in [1.29, 1.82) is 0 Å². The molecular weight excluding hydrogens is 280 g/mol. The van der Waals surface area contributed by atoms with Gasteiger partial charge in [-0.15, -0.1) is 0 Å². The maximum absolute atomic E-state index is 10.9. The number of hydrogen-bond acceptors (Lipinski definition) is 4. The van der Waals surface area contributed by atoms with E-state index in [1.807, 2.05) is 0 Å². The highest BCUT2D eigenvalue weighted by atomic mass is 16.6. The lowest BCUT2D eigenvalue weighted by Crippen LogP contribution is -2.30. The number of ether oxygens (including phenoxy) is 1. The predicted molar refractivity (Wildman–Crippen MR) is 84.6 cm³/mol. The van der Waals surface area contributed by atoms with E-state index in [2.05, 4.69) is 40.8 Å². The molecule has 2 aliphatic heterocycles. The third kappa shape index (κ3) is 3.54. The van der Waals surface area contributed by atoms with Crippen LogP contribution in [0.3, 0.4) is 0 Å². The molecule has 1 aromatic rings. The highest BCUT2D eigenvalue weighted by Gasteiger charge is 2.22. The second kappa shape index (κ2) is 6.75. The summed E-state index contributed by atoms with van der Waals surface area (Å²) in [6.45, 7) is 3.48. The van der Waals surface area contributed by atoms with Crippen molar-refractivity contribution >= 4 is 17.2 Å². The Morgan fingerprint density at radius 2 is 2.09 bits per heavy atom. The quantitative estimate of drug-likeness (QED) is 0.926. The van der Waals surface area contributed by atoms with Gasteiger partial charge in [-0.2, -0.15) is 0 Å². The number of rotatable bonds is 4. The van der Waals surface area contributed by atoms with Crippen LogP contribution in [-0.2, 0) is 14.4 Å². The van der Waals surface area contributed by atoms with E-state index >= 15 is 0 Å². The second-order valence-electron chi connectivity index (χ2n) is 5.54. The molecule has 1 atom stereocenters. The molecule has 0 bridgehead atoms. The summed E-state index contributed by atoms with van der Waals surface area (Å²) in [6, 6.07) is 8.40. The Hall–Kier alpha value is -2.14. The first-order chi connectivity index (χ1) is 10.7. The Morgan fingerprint density at radius 1 is 1.32 bits per heavy atom. The largest absolute Gasteiger partial charge is 0.390 e. The molecule has 5 heteroatoms. The van der Waals surface area contributed by atoms with Crippen molar-refractivity contribution in [3.05, 3.63) is 41.5 Å². The van der Waals surface area contributed by atoms with E-state index in [-0.39, 0.29) is 12.0 Å².